The van der Waals surface area contributed by atoms with Gasteiger partial charge in [0.05, 0.1) is 21.8 Å². The van der Waals surface area contributed by atoms with Crippen LogP contribution in [0, 0.1) is 0 Å². The van der Waals surface area contributed by atoms with Crippen molar-refractivity contribution >= 4 is 50.7 Å². The van der Waals surface area contributed by atoms with Gasteiger partial charge in [-0.05, 0) is 52.3 Å². The molecule has 1 aromatic heterocycles. The normalized spacial score (nSPS) is 10.2. The van der Waals surface area contributed by atoms with Gasteiger partial charge in [-0.25, -0.2) is 0 Å². The van der Waals surface area contributed by atoms with Gasteiger partial charge in [0.15, 0.2) is 0 Å². The predicted octanol–water partition coefficient (Wildman–Crippen LogP) is 3.09. The zero-order chi connectivity index (χ0) is 16.7. The first-order valence-electron chi connectivity index (χ1n) is 6.73. The molecule has 0 radical (unpaired) electrons. The maximum atomic E-state index is 11.8. The minimum Gasteiger partial charge on any atom is -0.492 e. The Kier molecular flexibility index (Phi) is 6.88. The Morgan fingerprint density at radius 1 is 1.13 bits per heavy atom. The molecule has 0 bridgehead atoms. The summed E-state index contributed by atoms with van der Waals surface area (Å²) in [4.78, 5) is 24.0. The highest BCUT2D eigenvalue weighted by Crippen LogP contribution is 2.21. The van der Waals surface area contributed by atoms with Crippen LogP contribution in [0.25, 0.3) is 0 Å². The van der Waals surface area contributed by atoms with Gasteiger partial charge in [-0.2, -0.15) is 0 Å². The van der Waals surface area contributed by atoms with E-state index in [1.807, 2.05) is 0 Å². The van der Waals surface area contributed by atoms with Gasteiger partial charge in [0, 0.05) is 5.02 Å². The summed E-state index contributed by atoms with van der Waals surface area (Å²) in [6.07, 6.45) is 0. The molecule has 0 aliphatic rings. The Morgan fingerprint density at radius 2 is 1.87 bits per heavy atom. The van der Waals surface area contributed by atoms with E-state index in [2.05, 4.69) is 26.6 Å². The highest BCUT2D eigenvalue weighted by atomic mass is 79.9. The van der Waals surface area contributed by atoms with E-state index in [9.17, 15) is 9.59 Å². The molecule has 2 aromatic rings. The van der Waals surface area contributed by atoms with E-state index < -0.39 is 0 Å². The third-order valence-electron chi connectivity index (χ3n) is 2.71. The summed E-state index contributed by atoms with van der Waals surface area (Å²) in [5, 5.41) is 5.86. The maximum absolute atomic E-state index is 11.8. The van der Waals surface area contributed by atoms with Crippen molar-refractivity contribution in [1.82, 2.24) is 10.6 Å². The van der Waals surface area contributed by atoms with Crippen LogP contribution in [0.2, 0.25) is 5.02 Å². The monoisotopic (exact) mass is 416 g/mol. The lowest BCUT2D eigenvalue weighted by Gasteiger charge is -2.08. The molecule has 5 nitrogen and oxygen atoms in total. The average molecular weight is 418 g/mol. The lowest BCUT2D eigenvalue weighted by atomic mass is 10.3. The van der Waals surface area contributed by atoms with Crippen molar-refractivity contribution < 1.29 is 14.3 Å². The molecule has 23 heavy (non-hydrogen) atoms. The fourth-order valence-electron chi connectivity index (χ4n) is 1.64. The Bertz CT molecular complexity index is 676. The molecule has 0 atom stereocenters. The third kappa shape index (κ3) is 6.21. The summed E-state index contributed by atoms with van der Waals surface area (Å²) in [6.45, 7) is 0.608. The van der Waals surface area contributed by atoms with Crippen molar-refractivity contribution in [2.24, 2.45) is 0 Å². The SMILES string of the molecule is O=C(CNC(=O)c1ccc(Br)s1)NCCOc1ccc(Cl)cc1. The van der Waals surface area contributed by atoms with Crippen LogP contribution in [0.4, 0.5) is 0 Å². The van der Waals surface area contributed by atoms with Gasteiger partial charge >= 0.3 is 0 Å². The van der Waals surface area contributed by atoms with Gasteiger partial charge in [-0.1, -0.05) is 11.6 Å². The van der Waals surface area contributed by atoms with Gasteiger partial charge in [0.1, 0.15) is 12.4 Å². The molecule has 0 aliphatic heterocycles. The lowest BCUT2D eigenvalue weighted by molar-refractivity contribution is -0.120. The molecule has 0 saturated carbocycles. The predicted molar refractivity (Wildman–Crippen MR) is 94.3 cm³/mol. The number of halogens is 2. The molecule has 2 N–H and O–H groups in total. The zero-order valence-electron chi connectivity index (χ0n) is 12.0. The van der Waals surface area contributed by atoms with Crippen LogP contribution >= 0.6 is 38.9 Å². The third-order valence-corrected chi connectivity index (χ3v) is 4.59. The topological polar surface area (TPSA) is 67.4 Å². The van der Waals surface area contributed by atoms with E-state index in [1.165, 1.54) is 11.3 Å². The summed E-state index contributed by atoms with van der Waals surface area (Å²) in [5.74, 6) is 0.141. The average Bonchev–Trinajstić information content (AvgIpc) is 2.97. The summed E-state index contributed by atoms with van der Waals surface area (Å²) < 4.78 is 6.31. The van der Waals surface area contributed by atoms with Gasteiger partial charge in [-0.3, -0.25) is 9.59 Å². The van der Waals surface area contributed by atoms with Crippen molar-refractivity contribution in [3.05, 3.63) is 50.1 Å². The number of carbonyl (C=O) groups is 2. The number of thiophene rings is 1. The lowest BCUT2D eigenvalue weighted by Crippen LogP contribution is -2.38. The van der Waals surface area contributed by atoms with Gasteiger partial charge < -0.3 is 15.4 Å². The van der Waals surface area contributed by atoms with Gasteiger partial charge in [0.2, 0.25) is 5.91 Å². The molecule has 0 spiro atoms. The number of hydrogen-bond acceptors (Lipinski definition) is 4. The molecular weight excluding hydrogens is 404 g/mol. The number of hydrogen-bond donors (Lipinski definition) is 2. The van der Waals surface area contributed by atoms with E-state index in [0.29, 0.717) is 28.8 Å². The Hall–Kier alpha value is -1.57. The highest BCUT2D eigenvalue weighted by Gasteiger charge is 2.09. The first-order chi connectivity index (χ1) is 11.0. The second kappa shape index (κ2) is 8.90. The number of carbonyl (C=O) groups excluding carboxylic acids is 2. The van der Waals surface area contributed by atoms with Crippen molar-refractivity contribution in [2.45, 2.75) is 0 Å². The van der Waals surface area contributed by atoms with Gasteiger partial charge in [-0.15, -0.1) is 11.3 Å². The molecule has 122 valence electrons. The van der Waals surface area contributed by atoms with Crippen LogP contribution in [0.5, 0.6) is 5.75 Å². The largest absolute Gasteiger partial charge is 0.492 e. The summed E-state index contributed by atoms with van der Waals surface area (Å²) in [7, 11) is 0. The van der Waals surface area contributed by atoms with Crippen molar-refractivity contribution in [3.8, 4) is 5.75 Å². The molecule has 0 fully saturated rings. The van der Waals surface area contributed by atoms with E-state index >= 15 is 0 Å². The van der Waals surface area contributed by atoms with Crippen molar-refractivity contribution in [2.75, 3.05) is 19.7 Å². The standard InChI is InChI=1S/C15H14BrClN2O3S/c16-13-6-5-12(23-13)15(21)19-9-14(20)18-7-8-22-11-3-1-10(17)2-4-11/h1-6H,7-9H2,(H,18,20)(H,19,21). The summed E-state index contributed by atoms with van der Waals surface area (Å²) in [6, 6.07) is 10.4. The fourth-order valence-corrected chi connectivity index (χ4v) is 3.07. The maximum Gasteiger partial charge on any atom is 0.261 e. The molecule has 1 aromatic carbocycles. The summed E-state index contributed by atoms with van der Waals surface area (Å²) in [5.41, 5.74) is 0. The second-order valence-electron chi connectivity index (χ2n) is 4.44. The molecule has 2 rings (SSSR count). The highest BCUT2D eigenvalue weighted by molar-refractivity contribution is 9.11. The van der Waals surface area contributed by atoms with Crippen LogP contribution in [-0.2, 0) is 4.79 Å². The first-order valence-corrected chi connectivity index (χ1v) is 8.72. The smallest absolute Gasteiger partial charge is 0.261 e. The summed E-state index contributed by atoms with van der Waals surface area (Å²) >= 11 is 10.4. The minimum absolute atomic E-state index is 0.0741. The Morgan fingerprint density at radius 3 is 2.52 bits per heavy atom. The Balaban J connectivity index is 1.61. The molecule has 0 unspecified atom stereocenters. The molecule has 2 amide bonds. The quantitative estimate of drug-likeness (QED) is 0.680. The van der Waals surface area contributed by atoms with E-state index in [0.717, 1.165) is 3.79 Å². The van der Waals surface area contributed by atoms with Gasteiger partial charge in [0.25, 0.3) is 5.91 Å². The van der Waals surface area contributed by atoms with Crippen molar-refractivity contribution in [3.63, 3.8) is 0 Å². The second-order valence-corrected chi connectivity index (χ2v) is 7.34. The fraction of sp³-hybridized carbons (Fsp3) is 0.200. The number of amides is 2. The van der Waals surface area contributed by atoms with Crippen LogP contribution in [0.15, 0.2) is 40.2 Å². The number of ether oxygens (including phenoxy) is 1. The zero-order valence-corrected chi connectivity index (χ0v) is 15.1. The number of benzene rings is 1. The minimum atomic E-state index is -0.270. The van der Waals surface area contributed by atoms with Crippen LogP contribution in [0.1, 0.15) is 9.67 Å². The van der Waals surface area contributed by atoms with E-state index in [-0.39, 0.29) is 18.4 Å². The van der Waals surface area contributed by atoms with E-state index in [1.54, 1.807) is 36.4 Å². The van der Waals surface area contributed by atoms with Crippen LogP contribution in [-0.4, -0.2) is 31.5 Å². The molecule has 0 aliphatic carbocycles. The number of rotatable bonds is 7. The van der Waals surface area contributed by atoms with Crippen molar-refractivity contribution in [1.29, 1.82) is 0 Å². The van der Waals surface area contributed by atoms with Crippen LogP contribution in [0.3, 0.4) is 0 Å². The van der Waals surface area contributed by atoms with E-state index in [4.69, 9.17) is 16.3 Å². The molecule has 8 heteroatoms. The molecule has 1 heterocycles. The van der Waals surface area contributed by atoms with Crippen LogP contribution < -0.4 is 15.4 Å². The first kappa shape index (κ1) is 17.8. The molecular formula is C15H14BrClN2O3S. The molecule has 0 saturated heterocycles. The Labute approximate surface area is 151 Å². The number of nitrogens with one attached hydrogen (secondary N) is 2.